The number of halogens is 3. The fourth-order valence-corrected chi connectivity index (χ4v) is 2.74. The molecule has 1 aromatic rings. The number of alkyl halides is 3. The number of ketones is 1. The first kappa shape index (κ1) is 18.1. The molecule has 1 N–H and O–H groups in total. The van der Waals surface area contributed by atoms with Crippen molar-refractivity contribution in [3.63, 3.8) is 0 Å². The molecule has 2 rings (SSSR count). The van der Waals surface area contributed by atoms with Gasteiger partial charge in [-0.2, -0.15) is 13.2 Å². The molecule has 1 aromatic carbocycles. The molecule has 0 aromatic heterocycles. The van der Waals surface area contributed by atoms with E-state index >= 15 is 0 Å². The van der Waals surface area contributed by atoms with E-state index in [9.17, 15) is 22.8 Å². The standard InChI is InChI=1S/C16H18F3NO4/c1-23-11-4-3-9-5-10(6-14(21)24-2)15(22)13(8-16(17,18)19)20-12(9)7-11/h3-4,7,10,13,20H,5-6,8H2,1-2H3/t10?,13-/m1/s1. The predicted molar refractivity (Wildman–Crippen MR) is 79.9 cm³/mol. The van der Waals surface area contributed by atoms with Crippen LogP contribution in [0.3, 0.4) is 0 Å². The molecular formula is C16H18F3NO4. The van der Waals surface area contributed by atoms with Crippen molar-refractivity contribution in [2.24, 2.45) is 5.92 Å². The third-order valence-electron chi connectivity index (χ3n) is 3.94. The Labute approximate surface area is 137 Å². The van der Waals surface area contributed by atoms with E-state index in [0.717, 1.165) is 0 Å². The molecule has 1 heterocycles. The van der Waals surface area contributed by atoms with E-state index in [0.29, 0.717) is 17.0 Å². The van der Waals surface area contributed by atoms with Gasteiger partial charge >= 0.3 is 12.1 Å². The van der Waals surface area contributed by atoms with Crippen molar-refractivity contribution < 1.29 is 32.2 Å². The van der Waals surface area contributed by atoms with Gasteiger partial charge in [0.25, 0.3) is 0 Å². The fraction of sp³-hybridized carbons (Fsp3) is 0.500. The third kappa shape index (κ3) is 4.39. The zero-order chi connectivity index (χ0) is 17.9. The van der Waals surface area contributed by atoms with Gasteiger partial charge in [-0.25, -0.2) is 0 Å². The second-order valence-corrected chi connectivity index (χ2v) is 5.62. The number of methoxy groups -OCH3 is 2. The number of benzene rings is 1. The number of esters is 1. The van der Waals surface area contributed by atoms with Crippen LogP contribution in [0.25, 0.3) is 0 Å². The predicted octanol–water partition coefficient (Wildman–Crippen LogP) is 2.73. The van der Waals surface area contributed by atoms with E-state index in [-0.39, 0.29) is 12.8 Å². The van der Waals surface area contributed by atoms with E-state index < -0.39 is 36.3 Å². The Bertz CT molecular complexity index is 630. The SMILES string of the molecule is COC(=O)CC1Cc2ccc(OC)cc2N[C@H](CC(F)(F)F)C1=O. The summed E-state index contributed by atoms with van der Waals surface area (Å²) in [6, 6.07) is 3.43. The second-order valence-electron chi connectivity index (χ2n) is 5.62. The van der Waals surface area contributed by atoms with Gasteiger partial charge in [-0.3, -0.25) is 9.59 Å². The topological polar surface area (TPSA) is 64.6 Å². The number of Topliss-reactive ketones (excluding diaryl/α,β-unsaturated/α-hetero) is 1. The summed E-state index contributed by atoms with van der Waals surface area (Å²) >= 11 is 0. The van der Waals surface area contributed by atoms with Crippen molar-refractivity contribution in [2.45, 2.75) is 31.5 Å². The quantitative estimate of drug-likeness (QED) is 0.850. The van der Waals surface area contributed by atoms with Crippen LogP contribution in [-0.4, -0.2) is 38.2 Å². The highest BCUT2D eigenvalue weighted by Gasteiger charge is 2.40. The molecule has 0 saturated heterocycles. The van der Waals surface area contributed by atoms with Crippen LogP contribution in [0.5, 0.6) is 5.75 Å². The van der Waals surface area contributed by atoms with Crippen LogP contribution in [-0.2, 0) is 20.7 Å². The van der Waals surface area contributed by atoms with Gasteiger partial charge in [0.05, 0.1) is 33.1 Å². The van der Waals surface area contributed by atoms with Gasteiger partial charge in [-0.15, -0.1) is 0 Å². The number of hydrogen-bond acceptors (Lipinski definition) is 5. The van der Waals surface area contributed by atoms with Crippen LogP contribution < -0.4 is 10.1 Å². The lowest BCUT2D eigenvalue weighted by molar-refractivity contribution is -0.149. The normalized spacial score (nSPS) is 20.6. The van der Waals surface area contributed by atoms with Crippen LogP contribution in [0, 0.1) is 5.92 Å². The maximum absolute atomic E-state index is 12.8. The first-order valence-electron chi connectivity index (χ1n) is 7.34. The van der Waals surface area contributed by atoms with E-state index in [2.05, 4.69) is 10.1 Å². The Hall–Kier alpha value is -2.25. The minimum atomic E-state index is -4.51. The molecule has 1 unspecified atom stereocenters. The number of hydrogen-bond donors (Lipinski definition) is 1. The van der Waals surface area contributed by atoms with Gasteiger partial charge in [0.15, 0.2) is 5.78 Å². The van der Waals surface area contributed by atoms with Crippen LogP contribution in [0.1, 0.15) is 18.4 Å². The van der Waals surface area contributed by atoms with Crippen LogP contribution in [0.15, 0.2) is 18.2 Å². The van der Waals surface area contributed by atoms with Crippen LogP contribution in [0.2, 0.25) is 0 Å². The maximum atomic E-state index is 12.8. The molecule has 0 aliphatic carbocycles. The summed E-state index contributed by atoms with van der Waals surface area (Å²) in [5.74, 6) is -1.68. The van der Waals surface area contributed by atoms with E-state index in [4.69, 9.17) is 4.74 Å². The summed E-state index contributed by atoms with van der Waals surface area (Å²) in [5, 5.41) is 2.66. The largest absolute Gasteiger partial charge is 0.497 e. The van der Waals surface area contributed by atoms with Gasteiger partial charge in [-0.1, -0.05) is 6.07 Å². The Morgan fingerprint density at radius 3 is 2.62 bits per heavy atom. The Balaban J connectivity index is 2.37. The smallest absolute Gasteiger partial charge is 0.391 e. The summed E-state index contributed by atoms with van der Waals surface area (Å²) in [6.45, 7) is 0. The first-order valence-corrected chi connectivity index (χ1v) is 7.34. The molecule has 0 radical (unpaired) electrons. The number of fused-ring (bicyclic) bond motifs is 1. The molecule has 1 aliphatic heterocycles. The second kappa shape index (κ2) is 7.11. The molecule has 2 atom stereocenters. The number of anilines is 1. The van der Waals surface area contributed by atoms with E-state index in [1.54, 1.807) is 18.2 Å². The molecule has 1 aliphatic rings. The Morgan fingerprint density at radius 2 is 2.04 bits per heavy atom. The maximum Gasteiger partial charge on any atom is 0.391 e. The number of carbonyl (C=O) groups excluding carboxylic acids is 2. The van der Waals surface area contributed by atoms with Crippen LogP contribution >= 0.6 is 0 Å². The fourth-order valence-electron chi connectivity index (χ4n) is 2.74. The molecule has 0 saturated carbocycles. The highest BCUT2D eigenvalue weighted by Crippen LogP contribution is 2.34. The Morgan fingerprint density at radius 1 is 1.33 bits per heavy atom. The zero-order valence-corrected chi connectivity index (χ0v) is 13.3. The number of ether oxygens (including phenoxy) is 2. The first-order chi connectivity index (χ1) is 11.2. The molecule has 0 amide bonds. The van der Waals surface area contributed by atoms with Gasteiger partial charge in [0.2, 0.25) is 0 Å². The minimum absolute atomic E-state index is 0.161. The third-order valence-corrected chi connectivity index (χ3v) is 3.94. The Kier molecular flexibility index (Phi) is 5.36. The van der Waals surface area contributed by atoms with Gasteiger partial charge < -0.3 is 14.8 Å². The molecular weight excluding hydrogens is 327 g/mol. The van der Waals surface area contributed by atoms with Crippen LogP contribution in [0.4, 0.5) is 18.9 Å². The monoisotopic (exact) mass is 345 g/mol. The number of nitrogens with one attached hydrogen (secondary N) is 1. The number of rotatable bonds is 4. The molecule has 0 bridgehead atoms. The summed E-state index contributed by atoms with van der Waals surface area (Å²) in [5.41, 5.74) is 1.06. The molecule has 0 spiro atoms. The van der Waals surface area contributed by atoms with Gasteiger partial charge in [0, 0.05) is 17.7 Å². The highest BCUT2D eigenvalue weighted by atomic mass is 19.4. The highest BCUT2D eigenvalue weighted by molar-refractivity contribution is 5.93. The van der Waals surface area contributed by atoms with Gasteiger partial charge in [-0.05, 0) is 18.1 Å². The molecule has 5 nitrogen and oxygen atoms in total. The summed E-state index contributed by atoms with van der Waals surface area (Å²) in [7, 11) is 2.62. The van der Waals surface area contributed by atoms with Crippen molar-refractivity contribution >= 4 is 17.4 Å². The van der Waals surface area contributed by atoms with Crippen molar-refractivity contribution in [1.29, 1.82) is 0 Å². The molecule has 132 valence electrons. The lowest BCUT2D eigenvalue weighted by Gasteiger charge is -2.21. The molecule has 8 heteroatoms. The average molecular weight is 345 g/mol. The average Bonchev–Trinajstić information content (AvgIpc) is 2.63. The van der Waals surface area contributed by atoms with E-state index in [1.807, 2.05) is 0 Å². The molecule has 0 fully saturated rings. The van der Waals surface area contributed by atoms with Crippen molar-refractivity contribution in [3.05, 3.63) is 23.8 Å². The van der Waals surface area contributed by atoms with Gasteiger partial charge in [0.1, 0.15) is 5.75 Å². The van der Waals surface area contributed by atoms with Crippen molar-refractivity contribution in [2.75, 3.05) is 19.5 Å². The lowest BCUT2D eigenvalue weighted by Crippen LogP contribution is -2.38. The summed E-state index contributed by atoms with van der Waals surface area (Å²) in [4.78, 5) is 24.0. The van der Waals surface area contributed by atoms with Crippen molar-refractivity contribution in [3.8, 4) is 5.75 Å². The van der Waals surface area contributed by atoms with E-state index in [1.165, 1.54) is 14.2 Å². The zero-order valence-electron chi connectivity index (χ0n) is 13.3. The lowest BCUT2D eigenvalue weighted by atomic mass is 9.89. The molecule has 24 heavy (non-hydrogen) atoms. The summed E-state index contributed by atoms with van der Waals surface area (Å²) < 4.78 is 48.1. The number of carbonyl (C=O) groups is 2. The summed E-state index contributed by atoms with van der Waals surface area (Å²) in [6.07, 6.45) is -5.90. The minimum Gasteiger partial charge on any atom is -0.497 e. The van der Waals surface area contributed by atoms with Crippen molar-refractivity contribution in [1.82, 2.24) is 0 Å².